The van der Waals surface area contributed by atoms with Crippen molar-refractivity contribution in [2.45, 2.75) is 57.7 Å². The fraction of sp³-hybridized carbons (Fsp3) is 0.500. The van der Waals surface area contributed by atoms with Gasteiger partial charge in [0.15, 0.2) is 0 Å². The van der Waals surface area contributed by atoms with Crippen molar-refractivity contribution >= 4 is 28.4 Å². The quantitative estimate of drug-likeness (QED) is 0.918. The van der Waals surface area contributed by atoms with Gasteiger partial charge in [0.25, 0.3) is 5.91 Å². The van der Waals surface area contributed by atoms with E-state index in [2.05, 4.69) is 16.8 Å². The highest BCUT2D eigenvalue weighted by Gasteiger charge is 2.28. The lowest BCUT2D eigenvalue weighted by molar-refractivity contribution is 0.0922. The minimum Gasteiger partial charge on any atom is -0.486 e. The molecule has 1 aromatic carbocycles. The number of halogens is 1. The first-order valence-electron chi connectivity index (χ1n) is 8.46. The summed E-state index contributed by atoms with van der Waals surface area (Å²) in [6.07, 6.45) is 5.57. The second kappa shape index (κ2) is 5.75. The number of hydrogen-bond acceptors (Lipinski definition) is 2. The SMILES string of the molecule is CC[C@@H]1Cn2c(C(=O)NC3CCCC3)cc3c(Cl)ccc(c32)O1. The van der Waals surface area contributed by atoms with Crippen LogP contribution in [0.4, 0.5) is 0 Å². The zero-order chi connectivity index (χ0) is 16.0. The maximum absolute atomic E-state index is 12.8. The fourth-order valence-corrected chi connectivity index (χ4v) is 3.96. The maximum atomic E-state index is 12.8. The van der Waals surface area contributed by atoms with Crippen LogP contribution in [0.1, 0.15) is 49.5 Å². The maximum Gasteiger partial charge on any atom is 0.268 e. The van der Waals surface area contributed by atoms with E-state index in [9.17, 15) is 4.79 Å². The number of hydrogen-bond donors (Lipinski definition) is 1. The molecule has 0 radical (unpaired) electrons. The number of rotatable bonds is 3. The molecule has 122 valence electrons. The molecule has 1 amide bonds. The first-order valence-corrected chi connectivity index (χ1v) is 8.84. The number of benzene rings is 1. The number of nitrogens with zero attached hydrogens (tertiary/aromatic N) is 1. The van der Waals surface area contributed by atoms with Crippen LogP contribution < -0.4 is 10.1 Å². The Balaban J connectivity index is 1.77. The van der Waals surface area contributed by atoms with Crippen LogP contribution in [-0.2, 0) is 6.54 Å². The van der Waals surface area contributed by atoms with Gasteiger partial charge in [0, 0.05) is 11.4 Å². The highest BCUT2D eigenvalue weighted by molar-refractivity contribution is 6.36. The van der Waals surface area contributed by atoms with Crippen LogP contribution in [0.3, 0.4) is 0 Å². The summed E-state index contributed by atoms with van der Waals surface area (Å²) in [5.74, 6) is 0.828. The molecule has 1 aliphatic carbocycles. The second-order valence-electron chi connectivity index (χ2n) is 6.55. The molecule has 1 N–H and O–H groups in total. The summed E-state index contributed by atoms with van der Waals surface area (Å²) in [7, 11) is 0. The molecule has 0 unspecified atom stereocenters. The van der Waals surface area contributed by atoms with Crippen molar-refractivity contribution in [1.29, 1.82) is 0 Å². The lowest BCUT2D eigenvalue weighted by atomic mass is 10.2. The van der Waals surface area contributed by atoms with Crippen LogP contribution in [0.15, 0.2) is 18.2 Å². The van der Waals surface area contributed by atoms with Gasteiger partial charge in [-0.05, 0) is 37.5 Å². The Kier molecular flexibility index (Phi) is 3.72. The Morgan fingerprint density at radius 1 is 1.39 bits per heavy atom. The van der Waals surface area contributed by atoms with Gasteiger partial charge in [0.1, 0.15) is 17.5 Å². The van der Waals surface area contributed by atoms with E-state index in [0.717, 1.165) is 35.9 Å². The van der Waals surface area contributed by atoms with Crippen LogP contribution in [0, 0.1) is 0 Å². The van der Waals surface area contributed by atoms with Crippen molar-refractivity contribution in [1.82, 2.24) is 9.88 Å². The minimum absolute atomic E-state index is 0.00636. The Hall–Kier alpha value is -1.68. The Bertz CT molecular complexity index is 762. The van der Waals surface area contributed by atoms with Crippen LogP contribution in [0.2, 0.25) is 5.02 Å². The molecule has 1 fully saturated rings. The summed E-state index contributed by atoms with van der Waals surface area (Å²) < 4.78 is 8.11. The van der Waals surface area contributed by atoms with Gasteiger partial charge < -0.3 is 14.6 Å². The molecule has 1 aliphatic heterocycles. The summed E-state index contributed by atoms with van der Waals surface area (Å²) in [6.45, 7) is 2.80. The average Bonchev–Trinajstić information content (AvgIpc) is 3.19. The van der Waals surface area contributed by atoms with Gasteiger partial charge in [-0.15, -0.1) is 0 Å². The summed E-state index contributed by atoms with van der Waals surface area (Å²) in [5, 5.41) is 4.74. The van der Waals surface area contributed by atoms with Crippen molar-refractivity contribution in [3.05, 3.63) is 28.9 Å². The van der Waals surface area contributed by atoms with Gasteiger partial charge in [-0.3, -0.25) is 4.79 Å². The average molecular weight is 333 g/mol. The number of carbonyl (C=O) groups is 1. The van der Waals surface area contributed by atoms with Crippen molar-refractivity contribution < 1.29 is 9.53 Å². The molecule has 1 atom stereocenters. The molecular formula is C18H21ClN2O2. The molecule has 0 spiro atoms. The van der Waals surface area contributed by atoms with E-state index in [1.165, 1.54) is 12.8 Å². The van der Waals surface area contributed by atoms with Gasteiger partial charge in [-0.1, -0.05) is 31.4 Å². The van der Waals surface area contributed by atoms with Gasteiger partial charge >= 0.3 is 0 Å². The smallest absolute Gasteiger partial charge is 0.268 e. The predicted octanol–water partition coefficient (Wildman–Crippen LogP) is 4.14. The topological polar surface area (TPSA) is 43.3 Å². The van der Waals surface area contributed by atoms with Gasteiger partial charge in [-0.2, -0.15) is 0 Å². The van der Waals surface area contributed by atoms with E-state index in [-0.39, 0.29) is 12.0 Å². The number of aromatic nitrogens is 1. The van der Waals surface area contributed by atoms with E-state index >= 15 is 0 Å². The van der Waals surface area contributed by atoms with Crippen molar-refractivity contribution in [2.24, 2.45) is 0 Å². The van der Waals surface area contributed by atoms with Crippen LogP contribution in [-0.4, -0.2) is 22.6 Å². The van der Waals surface area contributed by atoms with E-state index in [4.69, 9.17) is 16.3 Å². The molecule has 0 saturated heterocycles. The highest BCUT2D eigenvalue weighted by atomic mass is 35.5. The lowest BCUT2D eigenvalue weighted by Gasteiger charge is -2.26. The Labute approximate surface area is 140 Å². The fourth-order valence-electron chi connectivity index (χ4n) is 3.75. The largest absolute Gasteiger partial charge is 0.486 e. The Morgan fingerprint density at radius 2 is 2.17 bits per heavy atom. The van der Waals surface area contributed by atoms with E-state index < -0.39 is 0 Å². The number of carbonyl (C=O) groups excluding carboxylic acids is 1. The molecule has 1 aromatic heterocycles. The molecule has 0 bridgehead atoms. The first-order chi connectivity index (χ1) is 11.2. The summed E-state index contributed by atoms with van der Waals surface area (Å²) in [4.78, 5) is 12.8. The third kappa shape index (κ3) is 2.49. The van der Waals surface area contributed by atoms with Crippen LogP contribution >= 0.6 is 11.6 Å². The molecule has 4 nitrogen and oxygen atoms in total. The normalized spacial score (nSPS) is 20.7. The van der Waals surface area contributed by atoms with Crippen LogP contribution in [0.25, 0.3) is 10.9 Å². The second-order valence-corrected chi connectivity index (χ2v) is 6.96. The minimum atomic E-state index is 0.00636. The van der Waals surface area contributed by atoms with E-state index in [1.54, 1.807) is 0 Å². The highest BCUT2D eigenvalue weighted by Crippen LogP contribution is 2.38. The molecule has 1 saturated carbocycles. The van der Waals surface area contributed by atoms with Gasteiger partial charge in [0.2, 0.25) is 0 Å². The van der Waals surface area contributed by atoms with Crippen molar-refractivity contribution in [2.75, 3.05) is 0 Å². The third-order valence-corrected chi connectivity index (χ3v) is 5.36. The van der Waals surface area contributed by atoms with E-state index in [1.807, 2.05) is 18.2 Å². The molecule has 2 aromatic rings. The predicted molar refractivity (Wildman–Crippen MR) is 91.4 cm³/mol. The summed E-state index contributed by atoms with van der Waals surface area (Å²) in [5.41, 5.74) is 1.64. The summed E-state index contributed by atoms with van der Waals surface area (Å²) >= 11 is 6.34. The standard InChI is InChI=1S/C18H21ClN2O2/c1-2-12-10-21-15(18(22)20-11-5-3-4-6-11)9-13-14(19)7-8-16(23-12)17(13)21/h7-9,11-12H,2-6,10H2,1H3,(H,20,22)/t12-/m1/s1. The number of amides is 1. The molecule has 23 heavy (non-hydrogen) atoms. The Morgan fingerprint density at radius 3 is 2.91 bits per heavy atom. The molecular weight excluding hydrogens is 312 g/mol. The molecule has 5 heteroatoms. The molecule has 4 rings (SSSR count). The zero-order valence-corrected chi connectivity index (χ0v) is 14.0. The third-order valence-electron chi connectivity index (χ3n) is 5.03. The first kappa shape index (κ1) is 14.9. The van der Waals surface area contributed by atoms with Crippen LogP contribution in [0.5, 0.6) is 5.75 Å². The van der Waals surface area contributed by atoms with E-state index in [0.29, 0.717) is 23.3 Å². The van der Waals surface area contributed by atoms with Crippen molar-refractivity contribution in [3.63, 3.8) is 0 Å². The lowest BCUT2D eigenvalue weighted by Crippen LogP contribution is -2.35. The van der Waals surface area contributed by atoms with Gasteiger partial charge in [-0.25, -0.2) is 0 Å². The monoisotopic (exact) mass is 332 g/mol. The molecule has 2 heterocycles. The number of nitrogens with one attached hydrogen (secondary N) is 1. The van der Waals surface area contributed by atoms with Gasteiger partial charge in [0.05, 0.1) is 17.1 Å². The van der Waals surface area contributed by atoms with Crippen molar-refractivity contribution in [3.8, 4) is 5.75 Å². The number of ether oxygens (including phenoxy) is 1. The zero-order valence-electron chi connectivity index (χ0n) is 13.3. The summed E-state index contributed by atoms with van der Waals surface area (Å²) in [6, 6.07) is 5.97. The molecule has 2 aliphatic rings.